The van der Waals surface area contributed by atoms with Gasteiger partial charge in [-0.1, -0.05) is 12.1 Å². The van der Waals surface area contributed by atoms with Crippen molar-refractivity contribution in [2.45, 2.75) is 24.6 Å². The number of alkyl halides is 1. The smallest absolute Gasteiger partial charge is 0.266 e. The van der Waals surface area contributed by atoms with Crippen LogP contribution in [0.1, 0.15) is 17.4 Å². The van der Waals surface area contributed by atoms with E-state index in [1.54, 1.807) is 12.1 Å². The minimum atomic E-state index is -3.60. The van der Waals surface area contributed by atoms with E-state index in [0.717, 1.165) is 10.4 Å². The first-order valence-electron chi connectivity index (χ1n) is 6.33. The number of hydrogen-bond acceptors (Lipinski definition) is 3. The molecule has 3 nitrogen and oxygen atoms in total. The Balaban J connectivity index is 2.51. The molecule has 0 aliphatic rings. The van der Waals surface area contributed by atoms with Crippen molar-refractivity contribution in [3.8, 4) is 0 Å². The molecule has 0 atom stereocenters. The van der Waals surface area contributed by atoms with E-state index in [9.17, 15) is 8.42 Å². The molecule has 0 saturated heterocycles. The monoisotopic (exact) mass is 407 g/mol. The van der Waals surface area contributed by atoms with Gasteiger partial charge in [-0.05, 0) is 53.5 Å². The molecule has 0 unspecified atom stereocenters. The van der Waals surface area contributed by atoms with Crippen LogP contribution in [0.2, 0.25) is 0 Å². The van der Waals surface area contributed by atoms with E-state index in [4.69, 9.17) is 11.6 Å². The summed E-state index contributed by atoms with van der Waals surface area (Å²) >= 11 is 10.5. The van der Waals surface area contributed by atoms with Gasteiger partial charge in [0.1, 0.15) is 4.90 Å². The molecule has 0 spiro atoms. The van der Waals surface area contributed by atoms with Gasteiger partial charge in [-0.15, -0.1) is 22.9 Å². The highest BCUT2D eigenvalue weighted by atomic mass is 79.9. The van der Waals surface area contributed by atoms with Crippen molar-refractivity contribution >= 4 is 54.6 Å². The van der Waals surface area contributed by atoms with Gasteiger partial charge >= 0.3 is 0 Å². The largest absolute Gasteiger partial charge is 0.267 e. The number of aryl methyl sites for hydroxylation is 1. The molecule has 2 aromatic rings. The van der Waals surface area contributed by atoms with Crippen molar-refractivity contribution < 1.29 is 8.42 Å². The second-order valence-corrected chi connectivity index (χ2v) is 9.05. The van der Waals surface area contributed by atoms with Gasteiger partial charge in [-0.2, -0.15) is 0 Å². The van der Waals surface area contributed by atoms with Crippen LogP contribution in [0.3, 0.4) is 0 Å². The highest BCUT2D eigenvalue weighted by molar-refractivity contribution is 9.11. The van der Waals surface area contributed by atoms with E-state index >= 15 is 0 Å². The number of benzene rings is 1. The Morgan fingerprint density at radius 2 is 2.05 bits per heavy atom. The van der Waals surface area contributed by atoms with Gasteiger partial charge in [0.05, 0.1) is 15.4 Å². The van der Waals surface area contributed by atoms with E-state index < -0.39 is 10.0 Å². The first kappa shape index (κ1) is 16.8. The van der Waals surface area contributed by atoms with Crippen molar-refractivity contribution in [2.75, 3.05) is 10.8 Å². The number of thiophene rings is 1. The van der Waals surface area contributed by atoms with Crippen molar-refractivity contribution in [2.24, 2.45) is 0 Å². The molecule has 0 aliphatic heterocycles. The number of halogens is 2. The molecule has 1 aromatic carbocycles. The zero-order valence-electron chi connectivity index (χ0n) is 11.6. The van der Waals surface area contributed by atoms with Crippen LogP contribution in [0.25, 0.3) is 0 Å². The Labute approximate surface area is 142 Å². The van der Waals surface area contributed by atoms with Crippen LogP contribution in [0.5, 0.6) is 0 Å². The summed E-state index contributed by atoms with van der Waals surface area (Å²) in [6.45, 7) is 4.13. The second kappa shape index (κ2) is 6.69. The Kier molecular flexibility index (Phi) is 5.35. The quantitative estimate of drug-likeness (QED) is 0.668. The summed E-state index contributed by atoms with van der Waals surface area (Å²) in [5.74, 6) is 0.301. The maximum absolute atomic E-state index is 12.9. The lowest BCUT2D eigenvalue weighted by Crippen LogP contribution is -2.30. The standard InChI is InChI=1S/C14H15BrClNO2S2/c1-3-17(11-6-4-5-10(2)7-11)21(18,19)13-8-12(9-16)20-14(13)15/h4-8H,3,9H2,1-2H3. The maximum atomic E-state index is 12.9. The van der Waals surface area contributed by atoms with Crippen molar-refractivity contribution in [3.63, 3.8) is 0 Å². The Morgan fingerprint density at radius 3 is 2.57 bits per heavy atom. The highest BCUT2D eigenvalue weighted by Crippen LogP contribution is 2.35. The van der Waals surface area contributed by atoms with Crippen LogP contribution < -0.4 is 4.31 Å². The third kappa shape index (κ3) is 3.44. The number of anilines is 1. The molecule has 0 fully saturated rings. The average molecular weight is 409 g/mol. The second-order valence-electron chi connectivity index (χ2n) is 4.49. The fraction of sp³-hybridized carbons (Fsp3) is 0.286. The van der Waals surface area contributed by atoms with E-state index in [1.807, 2.05) is 32.0 Å². The third-order valence-electron chi connectivity index (χ3n) is 2.98. The van der Waals surface area contributed by atoms with Gasteiger partial charge < -0.3 is 0 Å². The first-order valence-corrected chi connectivity index (χ1v) is 9.92. The summed E-state index contributed by atoms with van der Waals surface area (Å²) in [6, 6.07) is 9.10. The van der Waals surface area contributed by atoms with Crippen molar-refractivity contribution in [1.29, 1.82) is 0 Å². The predicted molar refractivity (Wildman–Crippen MR) is 93.0 cm³/mol. The maximum Gasteiger partial charge on any atom is 0.266 e. The van der Waals surface area contributed by atoms with Crippen molar-refractivity contribution in [1.82, 2.24) is 0 Å². The van der Waals surface area contributed by atoms with Gasteiger partial charge in [0, 0.05) is 11.4 Å². The topological polar surface area (TPSA) is 37.4 Å². The zero-order chi connectivity index (χ0) is 15.6. The van der Waals surface area contributed by atoms with Gasteiger partial charge in [0.2, 0.25) is 0 Å². The van der Waals surface area contributed by atoms with Crippen molar-refractivity contribution in [3.05, 3.63) is 44.6 Å². The zero-order valence-corrected chi connectivity index (χ0v) is 15.6. The summed E-state index contributed by atoms with van der Waals surface area (Å²) in [7, 11) is -3.60. The van der Waals surface area contributed by atoms with E-state index in [0.29, 0.717) is 21.9 Å². The van der Waals surface area contributed by atoms with Crippen LogP contribution in [0, 0.1) is 6.92 Å². The Morgan fingerprint density at radius 1 is 1.33 bits per heavy atom. The summed E-state index contributed by atoms with van der Waals surface area (Å²) in [5, 5.41) is 0. The van der Waals surface area contributed by atoms with Gasteiger partial charge in [0.25, 0.3) is 10.0 Å². The fourth-order valence-electron chi connectivity index (χ4n) is 2.03. The minimum Gasteiger partial charge on any atom is -0.267 e. The Hall–Kier alpha value is -0.560. The molecule has 0 saturated carbocycles. The number of nitrogens with zero attached hydrogens (tertiary/aromatic N) is 1. The third-order valence-corrected chi connectivity index (χ3v) is 7.58. The average Bonchev–Trinajstić information content (AvgIpc) is 2.81. The molecule has 1 heterocycles. The van der Waals surface area contributed by atoms with E-state index in [-0.39, 0.29) is 4.90 Å². The molecule has 21 heavy (non-hydrogen) atoms. The van der Waals surface area contributed by atoms with Crippen LogP contribution >= 0.6 is 38.9 Å². The SMILES string of the molecule is CCN(c1cccc(C)c1)S(=O)(=O)c1cc(CCl)sc1Br. The minimum absolute atomic E-state index is 0.270. The molecule has 2 rings (SSSR count). The van der Waals surface area contributed by atoms with Crippen LogP contribution in [-0.2, 0) is 15.9 Å². The lowest BCUT2D eigenvalue weighted by Gasteiger charge is -2.23. The van der Waals surface area contributed by atoms with Gasteiger partial charge in [0.15, 0.2) is 0 Å². The normalized spacial score (nSPS) is 11.6. The molecule has 1 aromatic heterocycles. The molecular formula is C14H15BrClNO2S2. The fourth-order valence-corrected chi connectivity index (χ4v) is 6.22. The lowest BCUT2D eigenvalue weighted by atomic mass is 10.2. The molecule has 0 amide bonds. The van der Waals surface area contributed by atoms with Crippen LogP contribution in [-0.4, -0.2) is 15.0 Å². The Bertz CT molecular complexity index is 743. The number of hydrogen-bond donors (Lipinski definition) is 0. The van der Waals surface area contributed by atoms with Gasteiger partial charge in [-0.25, -0.2) is 8.42 Å². The summed E-state index contributed by atoms with van der Waals surface area (Å²) in [4.78, 5) is 1.09. The van der Waals surface area contributed by atoms with Crippen LogP contribution in [0.15, 0.2) is 39.0 Å². The van der Waals surface area contributed by atoms with Gasteiger partial charge in [-0.3, -0.25) is 4.31 Å². The predicted octanol–water partition coefficient (Wildman–Crippen LogP) is 4.77. The molecular weight excluding hydrogens is 394 g/mol. The molecule has 7 heteroatoms. The summed E-state index contributed by atoms with van der Waals surface area (Å²) in [6.07, 6.45) is 0. The summed E-state index contributed by atoms with van der Waals surface area (Å²) < 4.78 is 27.8. The molecule has 0 N–H and O–H groups in total. The van der Waals surface area contributed by atoms with E-state index in [2.05, 4.69) is 15.9 Å². The van der Waals surface area contributed by atoms with E-state index in [1.165, 1.54) is 15.6 Å². The molecule has 0 bridgehead atoms. The molecule has 0 aliphatic carbocycles. The molecule has 0 radical (unpaired) electrons. The number of sulfonamides is 1. The number of rotatable bonds is 5. The first-order chi connectivity index (χ1) is 9.90. The van der Waals surface area contributed by atoms with Crippen LogP contribution in [0.4, 0.5) is 5.69 Å². The molecule has 114 valence electrons. The highest BCUT2D eigenvalue weighted by Gasteiger charge is 2.27. The lowest BCUT2D eigenvalue weighted by molar-refractivity contribution is 0.592. The summed E-state index contributed by atoms with van der Waals surface area (Å²) in [5.41, 5.74) is 1.69.